The lowest BCUT2D eigenvalue weighted by molar-refractivity contribution is -0.128. The Hall–Kier alpha value is -0.940. The van der Waals surface area contributed by atoms with Crippen LogP contribution in [0.2, 0.25) is 0 Å². The smallest absolute Gasteiger partial charge is 0.223 e. The normalized spacial score (nSPS) is 21.7. The average Bonchev–Trinajstić information content (AvgIpc) is 2.70. The summed E-state index contributed by atoms with van der Waals surface area (Å²) >= 11 is 3.25. The van der Waals surface area contributed by atoms with Gasteiger partial charge in [-0.25, -0.2) is 4.39 Å². The van der Waals surface area contributed by atoms with Gasteiger partial charge in [0.1, 0.15) is 5.82 Å². The van der Waals surface area contributed by atoms with Crippen molar-refractivity contribution in [3.8, 4) is 0 Å². The number of carbonyl (C=O) groups excluding carboxylic acids is 1. The number of halogens is 2. The molecular formula is C15H18BrFN2O. The van der Waals surface area contributed by atoms with Gasteiger partial charge in [0.05, 0.1) is 0 Å². The van der Waals surface area contributed by atoms with Gasteiger partial charge in [-0.2, -0.15) is 0 Å². The molecule has 0 aromatic heterocycles. The molecule has 3 rings (SSSR count). The number of carbonyl (C=O) groups is 1. The first-order valence-electron chi connectivity index (χ1n) is 7.00. The maximum absolute atomic E-state index is 13.9. The van der Waals surface area contributed by atoms with Crippen molar-refractivity contribution in [1.29, 1.82) is 0 Å². The molecule has 3 nitrogen and oxygen atoms in total. The van der Waals surface area contributed by atoms with Crippen molar-refractivity contribution >= 4 is 21.8 Å². The summed E-state index contributed by atoms with van der Waals surface area (Å²) in [5.41, 5.74) is 0.710. The fraction of sp³-hybridized carbons (Fsp3) is 0.533. The highest BCUT2D eigenvalue weighted by Gasteiger charge is 2.43. The Balaban J connectivity index is 1.73. The molecule has 2 aliphatic heterocycles. The Morgan fingerprint density at radius 1 is 1.35 bits per heavy atom. The van der Waals surface area contributed by atoms with Crippen LogP contribution in [0.25, 0.3) is 0 Å². The Kier molecular flexibility index (Phi) is 3.82. The third-order valence-electron chi connectivity index (χ3n) is 4.45. The van der Waals surface area contributed by atoms with Crippen LogP contribution in [0.1, 0.15) is 24.8 Å². The van der Waals surface area contributed by atoms with Gasteiger partial charge in [0, 0.05) is 29.5 Å². The van der Waals surface area contributed by atoms with Crippen LogP contribution in [-0.4, -0.2) is 30.4 Å². The van der Waals surface area contributed by atoms with Gasteiger partial charge in [-0.05, 0) is 43.5 Å². The van der Waals surface area contributed by atoms with E-state index in [2.05, 4.69) is 21.2 Å². The molecule has 2 saturated heterocycles. The summed E-state index contributed by atoms with van der Waals surface area (Å²) in [5.74, 6) is -0.0901. The zero-order valence-corrected chi connectivity index (χ0v) is 12.9. The molecule has 2 fully saturated rings. The maximum Gasteiger partial charge on any atom is 0.223 e. The van der Waals surface area contributed by atoms with E-state index in [0.717, 1.165) is 36.9 Å². The van der Waals surface area contributed by atoms with Crippen molar-refractivity contribution in [1.82, 2.24) is 10.2 Å². The molecule has 0 bridgehead atoms. The van der Waals surface area contributed by atoms with Crippen LogP contribution in [0, 0.1) is 11.2 Å². The quantitative estimate of drug-likeness (QED) is 0.897. The third kappa shape index (κ3) is 2.74. The number of benzene rings is 1. The molecule has 5 heteroatoms. The average molecular weight is 341 g/mol. The van der Waals surface area contributed by atoms with Crippen LogP contribution in [0.3, 0.4) is 0 Å². The van der Waals surface area contributed by atoms with Gasteiger partial charge in [-0.15, -0.1) is 0 Å². The SMILES string of the molecule is O=C1CC2(CCNCC2)CN1Cc1ccc(Br)cc1F. The van der Waals surface area contributed by atoms with Crippen molar-refractivity contribution in [3.63, 3.8) is 0 Å². The monoisotopic (exact) mass is 340 g/mol. The van der Waals surface area contributed by atoms with Gasteiger partial charge in [0.15, 0.2) is 0 Å². The highest BCUT2D eigenvalue weighted by molar-refractivity contribution is 9.10. The fourth-order valence-electron chi connectivity index (χ4n) is 3.27. The molecule has 1 spiro atoms. The standard InChI is InChI=1S/C15H18BrFN2O/c16-12-2-1-11(13(17)7-12)9-19-10-15(8-14(19)20)3-5-18-6-4-15/h1-2,7,18H,3-6,8-10H2. The Morgan fingerprint density at radius 3 is 2.80 bits per heavy atom. The van der Waals surface area contributed by atoms with Crippen molar-refractivity contribution in [2.24, 2.45) is 5.41 Å². The Morgan fingerprint density at radius 2 is 2.10 bits per heavy atom. The molecule has 1 N–H and O–H groups in total. The van der Waals surface area contributed by atoms with Crippen molar-refractivity contribution in [2.75, 3.05) is 19.6 Å². The molecule has 2 aliphatic rings. The van der Waals surface area contributed by atoms with Crippen molar-refractivity contribution in [3.05, 3.63) is 34.1 Å². The second-order valence-electron chi connectivity index (χ2n) is 5.91. The van der Waals surface area contributed by atoms with Crippen LogP contribution in [0.4, 0.5) is 4.39 Å². The van der Waals surface area contributed by atoms with E-state index >= 15 is 0 Å². The minimum absolute atomic E-state index is 0.119. The number of hydrogen-bond acceptors (Lipinski definition) is 2. The second kappa shape index (κ2) is 5.45. The topological polar surface area (TPSA) is 32.3 Å². The highest BCUT2D eigenvalue weighted by Crippen LogP contribution is 2.39. The summed E-state index contributed by atoms with van der Waals surface area (Å²) < 4.78 is 14.6. The maximum atomic E-state index is 13.9. The summed E-state index contributed by atoms with van der Waals surface area (Å²) in [7, 11) is 0. The molecular weight excluding hydrogens is 323 g/mol. The first kappa shape index (κ1) is 14.0. The highest BCUT2D eigenvalue weighted by atomic mass is 79.9. The van der Waals surface area contributed by atoms with Crippen molar-refractivity contribution < 1.29 is 9.18 Å². The van der Waals surface area contributed by atoms with Crippen LogP contribution in [0.15, 0.2) is 22.7 Å². The molecule has 0 unspecified atom stereocenters. The predicted octanol–water partition coefficient (Wildman–Crippen LogP) is 2.69. The van der Waals surface area contributed by atoms with Gasteiger partial charge < -0.3 is 10.2 Å². The first-order chi connectivity index (χ1) is 9.58. The van der Waals surface area contributed by atoms with E-state index in [-0.39, 0.29) is 17.1 Å². The molecule has 0 radical (unpaired) electrons. The van der Waals surface area contributed by atoms with E-state index in [0.29, 0.717) is 18.5 Å². The van der Waals surface area contributed by atoms with Gasteiger partial charge >= 0.3 is 0 Å². The molecule has 1 aromatic rings. The van der Waals surface area contributed by atoms with Crippen LogP contribution in [-0.2, 0) is 11.3 Å². The van der Waals surface area contributed by atoms with E-state index in [9.17, 15) is 9.18 Å². The van der Waals surface area contributed by atoms with Crippen LogP contribution >= 0.6 is 15.9 Å². The largest absolute Gasteiger partial charge is 0.338 e. The summed E-state index contributed by atoms with van der Waals surface area (Å²) in [6, 6.07) is 5.02. The molecule has 0 atom stereocenters. The number of likely N-dealkylation sites (tertiary alicyclic amines) is 1. The van der Waals surface area contributed by atoms with Gasteiger partial charge in [-0.3, -0.25) is 4.79 Å². The molecule has 0 saturated carbocycles. The first-order valence-corrected chi connectivity index (χ1v) is 7.80. The number of amides is 1. The second-order valence-corrected chi connectivity index (χ2v) is 6.83. The van der Waals surface area contributed by atoms with E-state index in [1.165, 1.54) is 6.07 Å². The molecule has 20 heavy (non-hydrogen) atoms. The van der Waals surface area contributed by atoms with E-state index < -0.39 is 0 Å². The zero-order chi connectivity index (χ0) is 14.2. The lowest BCUT2D eigenvalue weighted by Crippen LogP contribution is -2.38. The van der Waals surface area contributed by atoms with Gasteiger partial charge in [0.25, 0.3) is 0 Å². The molecule has 2 heterocycles. The molecule has 108 valence electrons. The summed E-state index contributed by atoms with van der Waals surface area (Å²) in [6.45, 7) is 3.11. The number of rotatable bonds is 2. The Bertz CT molecular complexity index is 529. The summed E-state index contributed by atoms with van der Waals surface area (Å²) in [5, 5.41) is 3.34. The number of nitrogens with one attached hydrogen (secondary N) is 1. The predicted molar refractivity (Wildman–Crippen MR) is 78.7 cm³/mol. The summed E-state index contributed by atoms with van der Waals surface area (Å²) in [4.78, 5) is 14.0. The molecule has 0 aliphatic carbocycles. The van der Waals surface area contributed by atoms with Gasteiger partial charge in [-0.1, -0.05) is 22.0 Å². The minimum Gasteiger partial charge on any atom is -0.338 e. The number of nitrogens with zero attached hydrogens (tertiary/aromatic N) is 1. The summed E-state index contributed by atoms with van der Waals surface area (Å²) in [6.07, 6.45) is 2.70. The van der Waals surface area contributed by atoms with Crippen LogP contribution in [0.5, 0.6) is 0 Å². The van der Waals surface area contributed by atoms with E-state index in [1.54, 1.807) is 6.07 Å². The van der Waals surface area contributed by atoms with E-state index in [4.69, 9.17) is 0 Å². The fourth-order valence-corrected chi connectivity index (χ4v) is 3.61. The van der Waals surface area contributed by atoms with E-state index in [1.807, 2.05) is 11.0 Å². The molecule has 1 amide bonds. The van der Waals surface area contributed by atoms with Crippen molar-refractivity contribution in [2.45, 2.75) is 25.8 Å². The third-order valence-corrected chi connectivity index (χ3v) is 4.94. The lowest BCUT2D eigenvalue weighted by Gasteiger charge is -2.33. The zero-order valence-electron chi connectivity index (χ0n) is 11.3. The Labute approximate surface area is 126 Å². The molecule has 1 aromatic carbocycles. The van der Waals surface area contributed by atoms with Crippen LogP contribution < -0.4 is 5.32 Å². The lowest BCUT2D eigenvalue weighted by atomic mass is 9.78. The van der Waals surface area contributed by atoms with Gasteiger partial charge in [0.2, 0.25) is 5.91 Å². The minimum atomic E-state index is -0.251. The number of hydrogen-bond donors (Lipinski definition) is 1. The number of piperidine rings is 1.